The van der Waals surface area contributed by atoms with Crippen LogP contribution in [0.1, 0.15) is 18.4 Å². The Bertz CT molecular complexity index is 426. The van der Waals surface area contributed by atoms with Gasteiger partial charge >= 0.3 is 5.97 Å². The second-order valence-electron chi connectivity index (χ2n) is 4.28. The van der Waals surface area contributed by atoms with E-state index in [9.17, 15) is 13.6 Å². The zero-order valence-electron chi connectivity index (χ0n) is 10.4. The van der Waals surface area contributed by atoms with E-state index in [2.05, 4.69) is 5.32 Å². The van der Waals surface area contributed by atoms with Crippen LogP contribution in [-0.2, 0) is 11.2 Å². The number of rotatable bonds is 8. The third-order valence-electron chi connectivity index (χ3n) is 2.66. The Kier molecular flexibility index (Phi) is 6.38. The van der Waals surface area contributed by atoms with Crippen LogP contribution < -0.4 is 5.32 Å². The average molecular weight is 273 g/mol. The molecule has 0 aromatic heterocycles. The summed E-state index contributed by atoms with van der Waals surface area (Å²) in [5.41, 5.74) is 0.529. The number of halogens is 2. The zero-order valence-corrected chi connectivity index (χ0v) is 10.4. The molecule has 0 bridgehead atoms. The van der Waals surface area contributed by atoms with Gasteiger partial charge in [-0.15, -0.1) is 0 Å². The molecule has 0 fully saturated rings. The van der Waals surface area contributed by atoms with E-state index in [4.69, 9.17) is 10.2 Å². The lowest BCUT2D eigenvalue weighted by molar-refractivity contribution is -0.137. The summed E-state index contributed by atoms with van der Waals surface area (Å²) in [5, 5.41) is 20.4. The van der Waals surface area contributed by atoms with E-state index in [0.29, 0.717) is 18.5 Å². The predicted octanol–water partition coefficient (Wildman–Crippen LogP) is 1.32. The van der Waals surface area contributed by atoms with Crippen molar-refractivity contribution in [3.05, 3.63) is 35.4 Å². The van der Waals surface area contributed by atoms with Crippen LogP contribution in [0.25, 0.3) is 0 Å². The molecule has 0 amide bonds. The molecule has 3 N–H and O–H groups in total. The molecule has 0 radical (unpaired) electrons. The summed E-state index contributed by atoms with van der Waals surface area (Å²) in [6, 6.07) is 3.14. The number of carboxylic acid groups (broad SMARTS) is 1. The molecule has 0 aliphatic heterocycles. The van der Waals surface area contributed by atoms with Gasteiger partial charge in [0.25, 0.3) is 0 Å². The Balaban J connectivity index is 2.63. The van der Waals surface area contributed by atoms with Crippen molar-refractivity contribution in [2.24, 2.45) is 0 Å². The highest BCUT2D eigenvalue weighted by molar-refractivity contribution is 5.67. The lowest BCUT2D eigenvalue weighted by Crippen LogP contribution is -2.34. The molecule has 0 aliphatic rings. The number of aliphatic hydroxyl groups is 1. The van der Waals surface area contributed by atoms with Gasteiger partial charge in [0.1, 0.15) is 0 Å². The van der Waals surface area contributed by atoms with Gasteiger partial charge in [-0.3, -0.25) is 4.79 Å². The topological polar surface area (TPSA) is 69.6 Å². The number of carbonyl (C=O) groups is 1. The van der Waals surface area contributed by atoms with Gasteiger partial charge in [0, 0.05) is 12.6 Å². The van der Waals surface area contributed by atoms with Gasteiger partial charge in [0.15, 0.2) is 11.6 Å². The molecule has 1 aromatic carbocycles. The number of hydrogen-bond acceptors (Lipinski definition) is 3. The summed E-state index contributed by atoms with van der Waals surface area (Å²) < 4.78 is 25.8. The highest BCUT2D eigenvalue weighted by Gasteiger charge is 2.14. The van der Waals surface area contributed by atoms with Crippen LogP contribution in [-0.4, -0.2) is 35.4 Å². The fourth-order valence-corrected chi connectivity index (χ4v) is 1.76. The Morgan fingerprint density at radius 1 is 1.32 bits per heavy atom. The minimum atomic E-state index is -0.968. The number of aliphatic carboxylic acids is 1. The molecule has 1 atom stereocenters. The lowest BCUT2D eigenvalue weighted by Gasteiger charge is -2.16. The molecular formula is C13H17F2NO3. The third kappa shape index (κ3) is 5.76. The first kappa shape index (κ1) is 15.5. The molecule has 6 heteroatoms. The van der Waals surface area contributed by atoms with Crippen LogP contribution in [0.15, 0.2) is 18.2 Å². The summed E-state index contributed by atoms with van der Waals surface area (Å²) in [5.74, 6) is -2.84. The number of aliphatic hydroxyl groups excluding tert-OH is 1. The molecule has 0 saturated heterocycles. The quantitative estimate of drug-likeness (QED) is 0.625. The van der Waals surface area contributed by atoms with Gasteiger partial charge in [-0.05, 0) is 37.1 Å². The van der Waals surface area contributed by atoms with E-state index < -0.39 is 17.6 Å². The molecule has 0 aliphatic carbocycles. The van der Waals surface area contributed by atoms with Crippen molar-refractivity contribution >= 4 is 5.97 Å². The van der Waals surface area contributed by atoms with E-state index in [1.54, 1.807) is 0 Å². The normalized spacial score (nSPS) is 12.4. The first-order valence-electron chi connectivity index (χ1n) is 6.03. The maximum Gasteiger partial charge on any atom is 0.304 e. The minimum Gasteiger partial charge on any atom is -0.481 e. The Labute approximate surface area is 110 Å². The van der Waals surface area contributed by atoms with Crippen molar-refractivity contribution in [3.8, 4) is 0 Å². The fraction of sp³-hybridized carbons (Fsp3) is 0.462. The number of hydrogen-bond donors (Lipinski definition) is 3. The fourth-order valence-electron chi connectivity index (χ4n) is 1.76. The van der Waals surface area contributed by atoms with Crippen molar-refractivity contribution < 1.29 is 23.8 Å². The summed E-state index contributed by atoms with van der Waals surface area (Å²) in [6.07, 6.45) is 0.674. The van der Waals surface area contributed by atoms with Crippen LogP contribution in [0.2, 0.25) is 0 Å². The van der Waals surface area contributed by atoms with Crippen LogP contribution in [0.5, 0.6) is 0 Å². The molecule has 1 aromatic rings. The second kappa shape index (κ2) is 7.81. The zero-order chi connectivity index (χ0) is 14.3. The molecule has 1 rings (SSSR count). The van der Waals surface area contributed by atoms with Crippen molar-refractivity contribution in [2.75, 3.05) is 13.2 Å². The Morgan fingerprint density at radius 3 is 2.63 bits per heavy atom. The summed E-state index contributed by atoms with van der Waals surface area (Å²) in [6.45, 7) is 0.482. The minimum absolute atomic E-state index is 0.0119. The average Bonchev–Trinajstić information content (AvgIpc) is 2.33. The molecule has 106 valence electrons. The van der Waals surface area contributed by atoms with Crippen LogP contribution in [0, 0.1) is 11.6 Å². The standard InChI is InChI=1S/C13H17F2NO3/c14-11-3-2-9(7-12(11)15)6-10(8-13(18)19)16-4-1-5-17/h2-3,7,10,16-17H,1,4-6,8H2,(H,18,19). The monoisotopic (exact) mass is 273 g/mol. The molecular weight excluding hydrogens is 256 g/mol. The first-order chi connectivity index (χ1) is 9.02. The second-order valence-corrected chi connectivity index (χ2v) is 4.28. The molecule has 19 heavy (non-hydrogen) atoms. The third-order valence-corrected chi connectivity index (χ3v) is 2.66. The predicted molar refractivity (Wildman–Crippen MR) is 65.8 cm³/mol. The van der Waals surface area contributed by atoms with Gasteiger partial charge in [-0.2, -0.15) is 0 Å². The van der Waals surface area contributed by atoms with E-state index in [1.807, 2.05) is 0 Å². The Morgan fingerprint density at radius 2 is 2.05 bits per heavy atom. The van der Waals surface area contributed by atoms with E-state index in [1.165, 1.54) is 6.07 Å². The molecule has 0 spiro atoms. The summed E-state index contributed by atoms with van der Waals surface area (Å²) in [4.78, 5) is 10.7. The number of benzene rings is 1. The summed E-state index contributed by atoms with van der Waals surface area (Å²) >= 11 is 0. The van der Waals surface area contributed by atoms with Crippen LogP contribution >= 0.6 is 0 Å². The first-order valence-corrected chi connectivity index (χ1v) is 6.03. The number of carboxylic acids is 1. The summed E-state index contributed by atoms with van der Waals surface area (Å²) in [7, 11) is 0. The van der Waals surface area contributed by atoms with Crippen molar-refractivity contribution in [1.29, 1.82) is 0 Å². The van der Waals surface area contributed by atoms with Crippen LogP contribution in [0.4, 0.5) is 8.78 Å². The molecule has 0 saturated carbocycles. The largest absolute Gasteiger partial charge is 0.481 e. The smallest absolute Gasteiger partial charge is 0.304 e. The van der Waals surface area contributed by atoms with E-state index in [-0.39, 0.29) is 25.5 Å². The van der Waals surface area contributed by atoms with E-state index >= 15 is 0 Å². The van der Waals surface area contributed by atoms with Gasteiger partial charge < -0.3 is 15.5 Å². The highest BCUT2D eigenvalue weighted by atomic mass is 19.2. The maximum atomic E-state index is 13.1. The van der Waals surface area contributed by atoms with Gasteiger partial charge in [0.05, 0.1) is 6.42 Å². The van der Waals surface area contributed by atoms with Crippen molar-refractivity contribution in [3.63, 3.8) is 0 Å². The van der Waals surface area contributed by atoms with Crippen molar-refractivity contribution in [1.82, 2.24) is 5.32 Å². The van der Waals surface area contributed by atoms with Gasteiger partial charge in [-0.1, -0.05) is 6.07 Å². The van der Waals surface area contributed by atoms with Gasteiger partial charge in [-0.25, -0.2) is 8.78 Å². The molecule has 1 unspecified atom stereocenters. The molecule has 4 nitrogen and oxygen atoms in total. The SMILES string of the molecule is O=C(O)CC(Cc1ccc(F)c(F)c1)NCCCO. The number of nitrogens with one attached hydrogen (secondary N) is 1. The molecule has 0 heterocycles. The van der Waals surface area contributed by atoms with Gasteiger partial charge in [0.2, 0.25) is 0 Å². The Hall–Kier alpha value is -1.53. The van der Waals surface area contributed by atoms with Crippen molar-refractivity contribution in [2.45, 2.75) is 25.3 Å². The highest BCUT2D eigenvalue weighted by Crippen LogP contribution is 2.12. The van der Waals surface area contributed by atoms with Crippen LogP contribution in [0.3, 0.4) is 0 Å². The maximum absolute atomic E-state index is 13.1. The van der Waals surface area contributed by atoms with E-state index in [0.717, 1.165) is 12.1 Å². The lowest BCUT2D eigenvalue weighted by atomic mass is 10.0.